The van der Waals surface area contributed by atoms with Crippen molar-refractivity contribution in [3.8, 4) is 11.3 Å². The predicted molar refractivity (Wildman–Crippen MR) is 95.2 cm³/mol. The van der Waals surface area contributed by atoms with E-state index in [4.69, 9.17) is 0 Å². The zero-order chi connectivity index (χ0) is 19.1. The van der Waals surface area contributed by atoms with Crippen molar-refractivity contribution in [2.24, 2.45) is 7.05 Å². The third kappa shape index (κ3) is 2.88. The van der Waals surface area contributed by atoms with E-state index >= 15 is 0 Å². The molecule has 0 saturated carbocycles. The molecule has 0 unspecified atom stereocenters. The molecule has 0 aliphatic heterocycles. The lowest BCUT2D eigenvalue weighted by molar-refractivity contribution is 0.158. The Hall–Kier alpha value is -3.75. The second-order valence-corrected chi connectivity index (χ2v) is 6.12. The summed E-state index contributed by atoms with van der Waals surface area (Å²) in [6, 6.07) is 11.0. The Morgan fingerprint density at radius 1 is 1.11 bits per heavy atom. The maximum atomic E-state index is 13.0. The van der Waals surface area contributed by atoms with Crippen LogP contribution in [-0.4, -0.2) is 29.5 Å². The van der Waals surface area contributed by atoms with Crippen LogP contribution in [0, 0.1) is 5.82 Å². The van der Waals surface area contributed by atoms with E-state index in [1.807, 2.05) is 0 Å². The molecule has 8 nitrogen and oxygen atoms in total. The van der Waals surface area contributed by atoms with Gasteiger partial charge in [-0.25, -0.2) is 13.9 Å². The molecule has 136 valence electrons. The summed E-state index contributed by atoms with van der Waals surface area (Å²) < 4.78 is 15.9. The summed E-state index contributed by atoms with van der Waals surface area (Å²) in [4.78, 5) is 24.0. The molecule has 0 atom stereocenters. The van der Waals surface area contributed by atoms with Crippen molar-refractivity contribution >= 4 is 10.9 Å². The van der Waals surface area contributed by atoms with Crippen LogP contribution in [0.25, 0.3) is 22.2 Å². The Morgan fingerprint density at radius 3 is 2.59 bits per heavy atom. The van der Waals surface area contributed by atoms with Gasteiger partial charge in [0.25, 0.3) is 5.56 Å². The average Bonchev–Trinajstić information content (AvgIpc) is 3.14. The summed E-state index contributed by atoms with van der Waals surface area (Å²) in [7, 11) is 1.47. The SMILES string of the molecule is Cn1c(=O)n(O)c(=O)c2cc(-c3cn(Cc4ccc(F)cc4)nn3)ccc21. The van der Waals surface area contributed by atoms with Gasteiger partial charge in [0.1, 0.15) is 11.5 Å². The summed E-state index contributed by atoms with van der Waals surface area (Å²) in [5, 5.41) is 18.0. The number of fused-ring (bicyclic) bond motifs is 1. The fraction of sp³-hybridized carbons (Fsp3) is 0.111. The number of hydrogen-bond acceptors (Lipinski definition) is 5. The van der Waals surface area contributed by atoms with Crippen LogP contribution in [0.3, 0.4) is 0 Å². The number of benzene rings is 2. The maximum absolute atomic E-state index is 13.0. The molecule has 2 aromatic carbocycles. The van der Waals surface area contributed by atoms with Crippen LogP contribution in [0.1, 0.15) is 5.56 Å². The van der Waals surface area contributed by atoms with Gasteiger partial charge in [-0.05, 0) is 29.8 Å². The van der Waals surface area contributed by atoms with Crippen molar-refractivity contribution in [1.29, 1.82) is 0 Å². The van der Waals surface area contributed by atoms with Gasteiger partial charge in [0.2, 0.25) is 0 Å². The van der Waals surface area contributed by atoms with Gasteiger partial charge in [0.05, 0.1) is 23.6 Å². The summed E-state index contributed by atoms with van der Waals surface area (Å²) >= 11 is 0. The molecular formula is C18H14FN5O3. The molecule has 27 heavy (non-hydrogen) atoms. The monoisotopic (exact) mass is 367 g/mol. The van der Waals surface area contributed by atoms with Crippen molar-refractivity contribution in [3.63, 3.8) is 0 Å². The Morgan fingerprint density at radius 2 is 1.85 bits per heavy atom. The molecule has 9 heteroatoms. The van der Waals surface area contributed by atoms with E-state index in [1.165, 1.54) is 23.7 Å². The molecule has 0 saturated heterocycles. The van der Waals surface area contributed by atoms with Gasteiger partial charge >= 0.3 is 5.69 Å². The van der Waals surface area contributed by atoms with Gasteiger partial charge < -0.3 is 5.21 Å². The molecule has 0 aliphatic carbocycles. The van der Waals surface area contributed by atoms with E-state index in [1.54, 1.807) is 41.2 Å². The Kier molecular flexibility index (Phi) is 3.84. The molecule has 0 amide bonds. The molecule has 0 bridgehead atoms. The van der Waals surface area contributed by atoms with Crippen LogP contribution in [0.15, 0.2) is 58.3 Å². The van der Waals surface area contributed by atoms with Gasteiger partial charge in [-0.1, -0.05) is 28.1 Å². The van der Waals surface area contributed by atoms with E-state index in [9.17, 15) is 19.2 Å². The Bertz CT molecular complexity index is 1270. The molecule has 0 radical (unpaired) electrons. The first-order valence-electron chi connectivity index (χ1n) is 8.04. The van der Waals surface area contributed by atoms with Crippen molar-refractivity contribution < 1.29 is 9.60 Å². The minimum atomic E-state index is -0.814. The number of halogens is 1. The van der Waals surface area contributed by atoms with Crippen LogP contribution < -0.4 is 11.2 Å². The van der Waals surface area contributed by atoms with Gasteiger partial charge in [0.15, 0.2) is 0 Å². The summed E-state index contributed by atoms with van der Waals surface area (Å²) in [6.45, 7) is 0.415. The van der Waals surface area contributed by atoms with E-state index in [0.29, 0.717) is 23.3 Å². The number of nitrogens with zero attached hydrogens (tertiary/aromatic N) is 5. The molecule has 4 aromatic rings. The summed E-state index contributed by atoms with van der Waals surface area (Å²) in [5.74, 6) is -0.307. The van der Waals surface area contributed by atoms with Crippen molar-refractivity contribution in [3.05, 3.63) is 80.9 Å². The van der Waals surface area contributed by atoms with Crippen LogP contribution in [0.4, 0.5) is 4.39 Å². The second-order valence-electron chi connectivity index (χ2n) is 6.12. The maximum Gasteiger partial charge on any atom is 0.364 e. The molecule has 1 N–H and O–H groups in total. The lowest BCUT2D eigenvalue weighted by Crippen LogP contribution is -2.37. The van der Waals surface area contributed by atoms with Crippen molar-refractivity contribution in [2.75, 3.05) is 0 Å². The van der Waals surface area contributed by atoms with E-state index in [2.05, 4.69) is 10.3 Å². The standard InChI is InChI=1S/C18H14FN5O3/c1-22-16-7-4-12(8-14(16)17(25)24(27)18(22)26)15-10-23(21-20-15)9-11-2-5-13(19)6-3-11/h2-8,10,27H,9H2,1H3. The van der Waals surface area contributed by atoms with E-state index in [0.717, 1.165) is 5.56 Å². The quantitative estimate of drug-likeness (QED) is 0.552. The third-order valence-electron chi connectivity index (χ3n) is 4.34. The van der Waals surface area contributed by atoms with Crippen LogP contribution in [-0.2, 0) is 13.6 Å². The topological polar surface area (TPSA) is 94.9 Å². The highest BCUT2D eigenvalue weighted by molar-refractivity contribution is 5.83. The highest BCUT2D eigenvalue weighted by Crippen LogP contribution is 2.20. The molecule has 0 fully saturated rings. The fourth-order valence-electron chi connectivity index (χ4n) is 2.89. The van der Waals surface area contributed by atoms with E-state index in [-0.39, 0.29) is 15.9 Å². The summed E-state index contributed by atoms with van der Waals surface area (Å²) in [5.41, 5.74) is 0.793. The normalized spacial score (nSPS) is 11.2. The number of aryl methyl sites for hydroxylation is 1. The van der Waals surface area contributed by atoms with Crippen LogP contribution >= 0.6 is 0 Å². The van der Waals surface area contributed by atoms with Gasteiger partial charge in [-0.15, -0.1) is 5.10 Å². The number of hydrogen-bond donors (Lipinski definition) is 1. The Balaban J connectivity index is 1.73. The highest BCUT2D eigenvalue weighted by atomic mass is 19.1. The lowest BCUT2D eigenvalue weighted by atomic mass is 10.1. The van der Waals surface area contributed by atoms with Gasteiger partial charge in [-0.3, -0.25) is 9.36 Å². The average molecular weight is 367 g/mol. The van der Waals surface area contributed by atoms with Crippen molar-refractivity contribution in [1.82, 2.24) is 24.3 Å². The van der Waals surface area contributed by atoms with Gasteiger partial charge in [-0.2, -0.15) is 0 Å². The number of rotatable bonds is 3. The van der Waals surface area contributed by atoms with E-state index < -0.39 is 11.2 Å². The highest BCUT2D eigenvalue weighted by Gasteiger charge is 2.12. The Labute approximate surface area is 151 Å². The largest absolute Gasteiger partial charge is 0.421 e. The summed E-state index contributed by atoms with van der Waals surface area (Å²) in [6.07, 6.45) is 1.70. The molecule has 2 aromatic heterocycles. The molecule has 0 spiro atoms. The first-order valence-corrected chi connectivity index (χ1v) is 8.04. The van der Waals surface area contributed by atoms with Crippen LogP contribution in [0.2, 0.25) is 0 Å². The first-order chi connectivity index (χ1) is 12.9. The molecular weight excluding hydrogens is 353 g/mol. The first kappa shape index (κ1) is 16.7. The zero-order valence-electron chi connectivity index (χ0n) is 14.2. The lowest BCUT2D eigenvalue weighted by Gasteiger charge is -2.07. The predicted octanol–water partition coefficient (Wildman–Crippen LogP) is 1.38. The second kappa shape index (κ2) is 6.20. The van der Waals surface area contributed by atoms with Gasteiger partial charge in [0, 0.05) is 12.6 Å². The third-order valence-corrected chi connectivity index (χ3v) is 4.34. The molecule has 2 heterocycles. The molecule has 4 rings (SSSR count). The minimum Gasteiger partial charge on any atom is -0.421 e. The fourth-order valence-corrected chi connectivity index (χ4v) is 2.89. The number of aromatic nitrogens is 5. The van der Waals surface area contributed by atoms with Crippen LogP contribution in [0.5, 0.6) is 0 Å². The molecule has 0 aliphatic rings. The smallest absolute Gasteiger partial charge is 0.364 e. The zero-order valence-corrected chi connectivity index (χ0v) is 14.2. The van der Waals surface area contributed by atoms with Crippen molar-refractivity contribution in [2.45, 2.75) is 6.54 Å². The minimum absolute atomic E-state index is 0.0809.